The molecule has 0 spiro atoms. The Morgan fingerprint density at radius 1 is 1.24 bits per heavy atom. The number of nitriles is 1. The van der Waals surface area contributed by atoms with Crippen molar-refractivity contribution in [3.8, 4) is 6.07 Å². The maximum Gasteiger partial charge on any atom is 0.429 e. The second-order valence-electron chi connectivity index (χ2n) is 5.91. The highest BCUT2D eigenvalue weighted by Crippen LogP contribution is 2.22. The molecule has 0 radical (unpaired) electrons. The minimum absolute atomic E-state index is 0.0564. The monoisotopic (exact) mass is 404 g/mol. The third-order valence-corrected chi connectivity index (χ3v) is 3.83. The molecule has 150 valence electrons. The van der Waals surface area contributed by atoms with Gasteiger partial charge in [0.05, 0.1) is 11.6 Å². The summed E-state index contributed by atoms with van der Waals surface area (Å²) in [6, 6.07) is 10.9. The molecule has 0 aliphatic carbocycles. The summed E-state index contributed by atoms with van der Waals surface area (Å²) >= 11 is 0. The molecule has 0 bridgehead atoms. The van der Waals surface area contributed by atoms with Gasteiger partial charge in [0.15, 0.2) is 0 Å². The molecule has 0 aliphatic heterocycles. The molecular weight excluding hydrogens is 388 g/mol. The number of anilines is 1. The molecule has 0 unspecified atom stereocenters. The number of nitrogens with zero attached hydrogens (tertiary/aromatic N) is 2. The molecule has 2 rings (SSSR count). The predicted molar refractivity (Wildman–Crippen MR) is 101 cm³/mol. The first-order valence-electron chi connectivity index (χ1n) is 8.45. The normalized spacial score (nSPS) is 11.7. The standard InChI is InChI=1S/C20H16F4N4O/c1-2-27-17(10-18(26)20(22,23)24)16-7-6-12(8-13(16)11-25)19(29)28-15-5-3-4-14(21)9-15/h3-9,26H,2,10H2,1H3,(H,28,29). The van der Waals surface area contributed by atoms with Crippen LogP contribution in [0.15, 0.2) is 47.5 Å². The summed E-state index contributed by atoms with van der Waals surface area (Å²) < 4.78 is 51.4. The summed E-state index contributed by atoms with van der Waals surface area (Å²) in [4.78, 5) is 16.3. The highest BCUT2D eigenvalue weighted by atomic mass is 19.4. The van der Waals surface area contributed by atoms with Gasteiger partial charge in [0, 0.05) is 35.5 Å². The van der Waals surface area contributed by atoms with E-state index in [9.17, 15) is 27.6 Å². The number of carbonyl (C=O) groups excluding carboxylic acids is 1. The lowest BCUT2D eigenvalue weighted by atomic mass is 9.97. The van der Waals surface area contributed by atoms with Crippen molar-refractivity contribution < 1.29 is 22.4 Å². The van der Waals surface area contributed by atoms with Gasteiger partial charge in [-0.25, -0.2) is 4.39 Å². The number of amides is 1. The van der Waals surface area contributed by atoms with E-state index in [4.69, 9.17) is 5.41 Å². The second-order valence-corrected chi connectivity index (χ2v) is 5.91. The molecule has 29 heavy (non-hydrogen) atoms. The van der Waals surface area contributed by atoms with Gasteiger partial charge >= 0.3 is 6.18 Å². The van der Waals surface area contributed by atoms with Crippen molar-refractivity contribution in [2.24, 2.45) is 4.99 Å². The summed E-state index contributed by atoms with van der Waals surface area (Å²) in [5.74, 6) is -1.15. The maximum atomic E-state index is 13.2. The third kappa shape index (κ3) is 5.72. The van der Waals surface area contributed by atoms with E-state index in [-0.39, 0.29) is 34.6 Å². The molecule has 0 atom stereocenters. The fourth-order valence-corrected chi connectivity index (χ4v) is 2.49. The van der Waals surface area contributed by atoms with E-state index in [1.165, 1.54) is 36.4 Å². The minimum atomic E-state index is -4.80. The number of rotatable bonds is 6. The largest absolute Gasteiger partial charge is 0.429 e. The van der Waals surface area contributed by atoms with Crippen molar-refractivity contribution in [3.63, 3.8) is 0 Å². The van der Waals surface area contributed by atoms with Gasteiger partial charge < -0.3 is 10.7 Å². The second kappa shape index (κ2) is 9.10. The Hall–Kier alpha value is -3.54. The lowest BCUT2D eigenvalue weighted by Crippen LogP contribution is -2.25. The lowest BCUT2D eigenvalue weighted by Gasteiger charge is -2.13. The van der Waals surface area contributed by atoms with Crippen LogP contribution in [0.5, 0.6) is 0 Å². The average Bonchev–Trinajstić information content (AvgIpc) is 2.66. The van der Waals surface area contributed by atoms with Gasteiger partial charge in [0.25, 0.3) is 5.91 Å². The summed E-state index contributed by atoms with van der Waals surface area (Å²) in [7, 11) is 0. The van der Waals surface area contributed by atoms with Gasteiger partial charge in [-0.3, -0.25) is 9.79 Å². The fourth-order valence-electron chi connectivity index (χ4n) is 2.49. The molecule has 2 aromatic rings. The number of alkyl halides is 3. The van der Waals surface area contributed by atoms with Crippen LogP contribution in [-0.4, -0.2) is 30.1 Å². The highest BCUT2D eigenvalue weighted by Gasteiger charge is 2.35. The Labute approximate surface area is 164 Å². The summed E-state index contributed by atoms with van der Waals surface area (Å²) in [5, 5.41) is 19.1. The third-order valence-electron chi connectivity index (χ3n) is 3.83. The molecule has 2 aromatic carbocycles. The van der Waals surface area contributed by atoms with Crippen LogP contribution in [0.4, 0.5) is 23.2 Å². The Bertz CT molecular complexity index is 1010. The fraction of sp³-hybridized carbons (Fsp3) is 0.200. The molecule has 0 aliphatic rings. The van der Waals surface area contributed by atoms with Crippen LogP contribution >= 0.6 is 0 Å². The molecule has 2 N–H and O–H groups in total. The quantitative estimate of drug-likeness (QED) is 0.538. The van der Waals surface area contributed by atoms with E-state index >= 15 is 0 Å². The Morgan fingerprint density at radius 2 is 1.97 bits per heavy atom. The zero-order valence-corrected chi connectivity index (χ0v) is 15.3. The summed E-state index contributed by atoms with van der Waals surface area (Å²) in [5.41, 5.74) is -1.21. The first kappa shape index (κ1) is 21.8. The maximum absolute atomic E-state index is 13.2. The first-order valence-corrected chi connectivity index (χ1v) is 8.45. The van der Waals surface area contributed by atoms with Crippen molar-refractivity contribution in [2.45, 2.75) is 19.5 Å². The van der Waals surface area contributed by atoms with Crippen molar-refractivity contribution in [1.29, 1.82) is 10.7 Å². The van der Waals surface area contributed by atoms with Crippen LogP contribution in [0.3, 0.4) is 0 Å². The van der Waals surface area contributed by atoms with E-state index in [2.05, 4.69) is 10.3 Å². The Kier molecular flexibility index (Phi) is 6.83. The van der Waals surface area contributed by atoms with Crippen LogP contribution in [0.25, 0.3) is 0 Å². The number of hydrogen-bond donors (Lipinski definition) is 2. The number of halogens is 4. The number of benzene rings is 2. The molecular formula is C20H16F4N4O. The van der Waals surface area contributed by atoms with Gasteiger partial charge in [0.2, 0.25) is 0 Å². The van der Waals surface area contributed by atoms with Crippen molar-refractivity contribution in [3.05, 3.63) is 65.0 Å². The number of aliphatic imine (C=N–C) groups is 1. The topological polar surface area (TPSA) is 89.1 Å². The minimum Gasteiger partial charge on any atom is -0.322 e. The Morgan fingerprint density at radius 3 is 2.55 bits per heavy atom. The van der Waals surface area contributed by atoms with Crippen LogP contribution in [0, 0.1) is 22.6 Å². The molecule has 9 heteroatoms. The number of hydrogen-bond acceptors (Lipinski definition) is 4. The Balaban J connectivity index is 2.33. The lowest BCUT2D eigenvalue weighted by molar-refractivity contribution is -0.0605. The average molecular weight is 404 g/mol. The molecule has 0 fully saturated rings. The SMILES string of the molecule is CCN=C(CC(=N)C(F)(F)F)c1ccc(C(=O)Nc2cccc(F)c2)cc1C#N. The molecule has 1 amide bonds. The van der Waals surface area contributed by atoms with Crippen LogP contribution < -0.4 is 5.32 Å². The van der Waals surface area contributed by atoms with Gasteiger partial charge in [-0.2, -0.15) is 18.4 Å². The van der Waals surface area contributed by atoms with Gasteiger partial charge in [-0.05, 0) is 37.3 Å². The zero-order valence-electron chi connectivity index (χ0n) is 15.3. The number of carbonyl (C=O) groups is 1. The molecule has 0 saturated carbocycles. The van der Waals surface area contributed by atoms with E-state index in [1.807, 2.05) is 6.07 Å². The zero-order chi connectivity index (χ0) is 21.6. The van der Waals surface area contributed by atoms with Gasteiger partial charge in [-0.15, -0.1) is 0 Å². The smallest absolute Gasteiger partial charge is 0.322 e. The predicted octanol–water partition coefficient (Wildman–Crippen LogP) is 4.73. The van der Waals surface area contributed by atoms with Crippen LogP contribution in [0.1, 0.15) is 34.8 Å². The van der Waals surface area contributed by atoms with Crippen LogP contribution in [-0.2, 0) is 0 Å². The summed E-state index contributed by atoms with van der Waals surface area (Å²) in [6.45, 7) is 1.78. The van der Waals surface area contributed by atoms with Crippen molar-refractivity contribution in [2.75, 3.05) is 11.9 Å². The van der Waals surface area contributed by atoms with Gasteiger partial charge in [-0.1, -0.05) is 12.1 Å². The van der Waals surface area contributed by atoms with Crippen molar-refractivity contribution >= 4 is 23.0 Å². The summed E-state index contributed by atoms with van der Waals surface area (Å²) in [6.07, 6.45) is -5.59. The molecule has 5 nitrogen and oxygen atoms in total. The number of nitrogens with one attached hydrogen (secondary N) is 2. The van der Waals surface area contributed by atoms with Gasteiger partial charge in [0.1, 0.15) is 11.5 Å². The van der Waals surface area contributed by atoms with E-state index in [0.717, 1.165) is 6.07 Å². The molecule has 0 saturated heterocycles. The first-order chi connectivity index (χ1) is 13.7. The highest BCUT2D eigenvalue weighted by molar-refractivity contribution is 6.14. The van der Waals surface area contributed by atoms with Crippen LogP contribution in [0.2, 0.25) is 0 Å². The molecule has 0 aromatic heterocycles. The van der Waals surface area contributed by atoms with Crippen molar-refractivity contribution in [1.82, 2.24) is 0 Å². The molecule has 0 heterocycles. The van der Waals surface area contributed by atoms with E-state index in [0.29, 0.717) is 0 Å². The van der Waals surface area contributed by atoms with E-state index < -0.39 is 30.0 Å². The van der Waals surface area contributed by atoms with E-state index in [1.54, 1.807) is 6.92 Å².